The van der Waals surface area contributed by atoms with Crippen LogP contribution in [-0.4, -0.2) is 44.6 Å². The van der Waals surface area contributed by atoms with E-state index < -0.39 is 40.9 Å². The van der Waals surface area contributed by atoms with Gasteiger partial charge >= 0.3 is 23.9 Å². The molecule has 7 heterocycles. The normalized spacial score (nSPS) is 14.9. The second-order valence-electron chi connectivity index (χ2n) is 35.9. The lowest BCUT2D eigenvalue weighted by atomic mass is 9.88. The lowest BCUT2D eigenvalue weighted by molar-refractivity contribution is -0.219. The number of carbonyl (C=O) groups excluding carboxylic acids is 4. The molecule has 6 aromatic rings. The van der Waals surface area contributed by atoms with Crippen molar-refractivity contribution in [1.29, 1.82) is 0 Å². The van der Waals surface area contributed by atoms with Crippen LogP contribution in [-0.2, 0) is 62.0 Å². The van der Waals surface area contributed by atoms with Crippen molar-refractivity contribution in [2.45, 2.75) is 434 Å². The number of unbranched alkanes of at least 4 members (excludes halogenated alkanes) is 36. The fourth-order valence-corrected chi connectivity index (χ4v) is 20.8. The van der Waals surface area contributed by atoms with E-state index in [4.69, 9.17) is 18.9 Å². The van der Waals surface area contributed by atoms with Crippen LogP contribution in [0, 0.1) is 11.8 Å². The van der Waals surface area contributed by atoms with E-state index in [1.807, 2.05) is 22.7 Å². The molecular formula is C97H150N2O8S3. The van der Waals surface area contributed by atoms with Crippen LogP contribution in [0.2, 0.25) is 0 Å². The molecule has 0 unspecified atom stereocenters. The monoisotopic (exact) mass is 1570 g/mol. The number of nitrogens with zero attached hydrogens (tertiary/aromatic N) is 2. The SMILES string of the molecule is CCCCCCCCCCCCC(CCCCCCCCCCCC)CCn1c(-c2ccc(-c3ccc(-c4ccc(C(C)(C)CC)s4)s3)s2)c2cc3c(=C4C(=O)OC(C)(C)OC4=O)n(CCC(CCCCCCCCCCCC)CCCCCCCCCCCC)c(C(C)(C)C)c3cc2c1=C1C(=O)OC(C)(C)OC1=O. The van der Waals surface area contributed by atoms with Crippen LogP contribution < -0.4 is 10.7 Å². The zero-order valence-electron chi connectivity index (χ0n) is 71.8. The number of esters is 4. The summed E-state index contributed by atoms with van der Waals surface area (Å²) in [6.07, 6.45) is 58.8. The fraction of sp³-hybridized carbons (Fsp3) is 0.711. The third kappa shape index (κ3) is 27.1. The van der Waals surface area contributed by atoms with Crippen molar-refractivity contribution >= 4 is 90.6 Å². The molecule has 2 fully saturated rings. The van der Waals surface area contributed by atoms with E-state index in [1.165, 1.54) is 271 Å². The first-order valence-corrected chi connectivity index (χ1v) is 47.6. The van der Waals surface area contributed by atoms with Gasteiger partial charge in [0.1, 0.15) is 0 Å². The number of benzene rings is 1. The van der Waals surface area contributed by atoms with Gasteiger partial charge in [0.05, 0.1) is 21.3 Å². The molecule has 0 aliphatic carbocycles. The van der Waals surface area contributed by atoms with Crippen molar-refractivity contribution in [2.24, 2.45) is 11.8 Å². The predicted octanol–water partition coefficient (Wildman–Crippen LogP) is 29.0. The molecule has 614 valence electrons. The Labute approximate surface area is 679 Å². The Morgan fingerprint density at radius 1 is 0.336 bits per heavy atom. The molecule has 13 heteroatoms. The first-order valence-electron chi connectivity index (χ1n) is 45.2. The van der Waals surface area contributed by atoms with Gasteiger partial charge in [0, 0.05) is 97.8 Å². The summed E-state index contributed by atoms with van der Waals surface area (Å²) in [5.41, 5.74) is 1.17. The number of thiophene rings is 3. The third-order valence-corrected chi connectivity index (χ3v) is 28.1. The van der Waals surface area contributed by atoms with E-state index in [0.717, 1.165) is 92.5 Å². The molecule has 0 N–H and O–H groups in total. The predicted molar refractivity (Wildman–Crippen MR) is 470 cm³/mol. The highest BCUT2D eigenvalue weighted by atomic mass is 32.1. The summed E-state index contributed by atoms with van der Waals surface area (Å²) < 4.78 is 29.2. The van der Waals surface area contributed by atoms with Gasteiger partial charge in [-0.1, -0.05) is 352 Å². The van der Waals surface area contributed by atoms with Crippen molar-refractivity contribution in [3.63, 3.8) is 0 Å². The van der Waals surface area contributed by atoms with Crippen molar-refractivity contribution < 1.29 is 38.1 Å². The van der Waals surface area contributed by atoms with Gasteiger partial charge in [-0.2, -0.15) is 0 Å². The molecule has 110 heavy (non-hydrogen) atoms. The largest absolute Gasteiger partial charge is 0.419 e. The molecule has 8 rings (SSSR count). The van der Waals surface area contributed by atoms with Gasteiger partial charge in [-0.15, -0.1) is 34.0 Å². The standard InChI is InChI=1S/C97H150N2O8S3/c1-15-20-24-28-32-36-40-44-48-52-56-72(57-53-49-45-41-37-33-29-25-21-16-2)66-68-98-86(82-63-62-79(109-82)78-60-61-80(108-78)81-64-65-83(110-81)95(9,10)19-5)74-70-76-77(71-75(74)87(98)84-90(100)104-96(11,12)105-91(84)101)89(94(6,7)8)99(88(76)85-92(102)106-97(13,14)107-93(85)103)69-67-73(58-54-50-46-42-38-34-30-26-22-17-3)59-55-51-47-43-39-35-31-27-23-18-4/h60-65,70-73H,15-59,66-69H2,1-14H3. The molecular weight excluding hydrogens is 1420 g/mol. The van der Waals surface area contributed by atoms with Gasteiger partial charge in [0.15, 0.2) is 11.1 Å². The van der Waals surface area contributed by atoms with Gasteiger partial charge in [-0.3, -0.25) is 0 Å². The van der Waals surface area contributed by atoms with Gasteiger partial charge in [-0.05, 0) is 85.0 Å². The smallest absolute Gasteiger partial charge is 0.351 e. The maximum Gasteiger partial charge on any atom is 0.351 e. The number of cyclic esters (lactones) is 4. The van der Waals surface area contributed by atoms with Crippen LogP contribution in [0.1, 0.15) is 409 Å². The maximum absolute atomic E-state index is 15.2. The number of ether oxygens (including phenoxy) is 4. The minimum atomic E-state index is -1.48. The Kier molecular flexibility index (Phi) is 37.8. The second kappa shape index (κ2) is 45.9. The average molecular weight is 1570 g/mol. The van der Waals surface area contributed by atoms with E-state index in [1.54, 1.807) is 39.0 Å². The number of carbonyl (C=O) groups is 4. The van der Waals surface area contributed by atoms with Gasteiger partial charge in [0.2, 0.25) is 0 Å². The molecule has 2 saturated heterocycles. The highest BCUT2D eigenvalue weighted by molar-refractivity contribution is 7.27. The Morgan fingerprint density at radius 2 is 0.618 bits per heavy atom. The lowest BCUT2D eigenvalue weighted by Crippen LogP contribution is -2.44. The van der Waals surface area contributed by atoms with Crippen molar-refractivity contribution in [2.75, 3.05) is 0 Å². The molecule has 2 aliphatic rings. The lowest BCUT2D eigenvalue weighted by Gasteiger charge is -2.30. The second-order valence-corrected chi connectivity index (χ2v) is 39.2. The first-order chi connectivity index (χ1) is 53.0. The molecule has 0 bridgehead atoms. The summed E-state index contributed by atoms with van der Waals surface area (Å²) in [5.74, 6) is -4.93. The first kappa shape index (κ1) is 90.6. The molecule has 0 atom stereocenters. The van der Waals surface area contributed by atoms with Gasteiger partial charge in [0.25, 0.3) is 11.6 Å². The Hall–Kier alpha value is -4.98. The summed E-state index contributed by atoms with van der Waals surface area (Å²) in [6.45, 7) is 30.4. The number of rotatable bonds is 55. The van der Waals surface area contributed by atoms with E-state index >= 15 is 19.2 Å². The quantitative estimate of drug-likeness (QED) is 0.0274. The summed E-state index contributed by atoms with van der Waals surface area (Å²) in [6, 6.07) is 17.9. The zero-order chi connectivity index (χ0) is 79.1. The van der Waals surface area contributed by atoms with E-state index in [-0.39, 0.29) is 16.6 Å². The molecule has 1 aromatic carbocycles. The highest BCUT2D eigenvalue weighted by Crippen LogP contribution is 2.47. The Balaban J connectivity index is 1.30. The van der Waals surface area contributed by atoms with Crippen molar-refractivity contribution in [3.8, 4) is 30.1 Å². The summed E-state index contributed by atoms with van der Waals surface area (Å²) >= 11 is 5.43. The van der Waals surface area contributed by atoms with Crippen LogP contribution >= 0.6 is 34.0 Å². The Morgan fingerprint density at radius 3 is 0.964 bits per heavy atom. The molecule has 5 aromatic heterocycles. The fourth-order valence-electron chi connectivity index (χ4n) is 17.3. The maximum atomic E-state index is 15.2. The Bertz CT molecular complexity index is 3820. The molecule has 10 nitrogen and oxygen atoms in total. The van der Waals surface area contributed by atoms with Crippen LogP contribution in [0.15, 0.2) is 48.5 Å². The van der Waals surface area contributed by atoms with Crippen molar-refractivity contribution in [3.05, 3.63) is 69.8 Å². The van der Waals surface area contributed by atoms with E-state index in [9.17, 15) is 0 Å². The third-order valence-electron chi connectivity index (χ3n) is 24.1. The van der Waals surface area contributed by atoms with E-state index in [2.05, 4.69) is 127 Å². The van der Waals surface area contributed by atoms with Gasteiger partial charge in [-0.25, -0.2) is 19.2 Å². The van der Waals surface area contributed by atoms with Crippen molar-refractivity contribution in [1.82, 2.24) is 9.13 Å². The number of hydrogen-bond acceptors (Lipinski definition) is 11. The van der Waals surface area contributed by atoms with Gasteiger partial charge < -0.3 is 28.1 Å². The molecule has 0 amide bonds. The average Bonchev–Trinajstić information content (AvgIpc) is 1.53. The number of hydrogen-bond donors (Lipinski definition) is 0. The van der Waals surface area contributed by atoms with Crippen LogP contribution in [0.3, 0.4) is 0 Å². The molecule has 0 spiro atoms. The van der Waals surface area contributed by atoms with E-state index in [0.29, 0.717) is 35.6 Å². The van der Waals surface area contributed by atoms with Crippen LogP contribution in [0.4, 0.5) is 0 Å². The number of aromatic nitrogens is 2. The molecule has 0 radical (unpaired) electrons. The zero-order valence-corrected chi connectivity index (χ0v) is 74.3. The summed E-state index contributed by atoms with van der Waals surface area (Å²) in [7, 11) is 0. The summed E-state index contributed by atoms with van der Waals surface area (Å²) in [5, 5.41) is 4.11. The number of fused-ring (bicyclic) bond motifs is 2. The minimum absolute atomic E-state index is 0.0879. The highest BCUT2D eigenvalue weighted by Gasteiger charge is 2.44. The van der Waals surface area contributed by atoms with Crippen LogP contribution in [0.25, 0.3) is 62.8 Å². The molecule has 2 aliphatic heterocycles. The minimum Gasteiger partial charge on any atom is -0.419 e. The van der Waals surface area contributed by atoms with Crippen LogP contribution in [0.5, 0.6) is 0 Å². The summed E-state index contributed by atoms with van der Waals surface area (Å²) in [4.78, 5) is 67.8. The topological polar surface area (TPSA) is 115 Å². The molecule has 0 saturated carbocycles.